The zero-order valence-corrected chi connectivity index (χ0v) is 20.9. The summed E-state index contributed by atoms with van der Waals surface area (Å²) < 4.78 is 44.4. The number of nitrogens with zero attached hydrogens (tertiary/aromatic N) is 2. The number of amides is 2. The molecule has 2 saturated carbocycles. The van der Waals surface area contributed by atoms with Crippen LogP contribution in [0.5, 0.6) is 0 Å². The van der Waals surface area contributed by atoms with Crippen molar-refractivity contribution in [3.63, 3.8) is 0 Å². The fraction of sp³-hybridized carbons (Fsp3) is 0.519. The highest BCUT2D eigenvalue weighted by molar-refractivity contribution is 5.95. The minimum absolute atomic E-state index is 0.0343. The normalized spacial score (nSPS) is 23.6. The molecule has 2 aliphatic carbocycles. The topological polar surface area (TPSA) is 91.8 Å². The van der Waals surface area contributed by atoms with Gasteiger partial charge in [-0.15, -0.1) is 0 Å². The third-order valence-electron chi connectivity index (χ3n) is 7.69. The second-order valence-electron chi connectivity index (χ2n) is 10.2. The second-order valence-corrected chi connectivity index (χ2v) is 10.2. The van der Waals surface area contributed by atoms with E-state index < -0.39 is 23.3 Å². The molecule has 0 aliphatic heterocycles. The number of rotatable bonds is 7. The zero-order valence-electron chi connectivity index (χ0n) is 20.9. The number of alkyl halides is 3. The van der Waals surface area contributed by atoms with Gasteiger partial charge in [-0.1, -0.05) is 18.2 Å². The Bertz CT molecular complexity index is 1090. The Hall–Kier alpha value is -3.14. The number of pyridine rings is 1. The van der Waals surface area contributed by atoms with E-state index in [2.05, 4.69) is 10.3 Å². The van der Waals surface area contributed by atoms with Crippen molar-refractivity contribution in [2.24, 2.45) is 0 Å². The Balaban J connectivity index is 1.51. The van der Waals surface area contributed by atoms with Crippen LogP contribution in [0.15, 0.2) is 48.7 Å². The summed E-state index contributed by atoms with van der Waals surface area (Å²) in [6.45, 7) is 1.06. The van der Waals surface area contributed by atoms with Crippen molar-refractivity contribution < 1.29 is 32.6 Å². The first-order chi connectivity index (χ1) is 17.5. The first-order valence-corrected chi connectivity index (χ1v) is 12.4. The van der Waals surface area contributed by atoms with E-state index in [0.29, 0.717) is 44.7 Å². The molecule has 4 rings (SSSR count). The quantitative estimate of drug-likeness (QED) is 0.554. The van der Waals surface area contributed by atoms with Crippen LogP contribution in [0.25, 0.3) is 0 Å². The standard InChI is InChI=1S/C27H32F3N3O4/c1-25(36,27(28,29)30)19-8-6-18(7-9-19)23(34)33(20-10-11-20)21-12-14-26(15-13-21,17-32-24(35)37-2)22-5-3-4-16-31-22/h3-9,16,20-21,36H,10-15,17H2,1-2H3,(H,32,35)/t21-,25-,26-/m0/s1. The second kappa shape index (κ2) is 10.3. The highest BCUT2D eigenvalue weighted by atomic mass is 19.4. The lowest BCUT2D eigenvalue weighted by molar-refractivity contribution is -0.258. The lowest BCUT2D eigenvalue weighted by atomic mass is 9.69. The van der Waals surface area contributed by atoms with Crippen molar-refractivity contribution in [2.45, 2.75) is 74.7 Å². The maximum absolute atomic E-state index is 13.5. The van der Waals surface area contributed by atoms with Gasteiger partial charge in [-0.05, 0) is 75.3 Å². The molecule has 2 fully saturated rings. The number of ether oxygens (including phenoxy) is 1. The molecule has 1 aromatic heterocycles. The van der Waals surface area contributed by atoms with Crippen molar-refractivity contribution in [2.75, 3.05) is 13.7 Å². The van der Waals surface area contributed by atoms with Crippen LogP contribution in [0.2, 0.25) is 0 Å². The lowest BCUT2D eigenvalue weighted by Gasteiger charge is -2.43. The van der Waals surface area contributed by atoms with E-state index in [4.69, 9.17) is 4.74 Å². The van der Waals surface area contributed by atoms with Crippen LogP contribution >= 0.6 is 0 Å². The van der Waals surface area contributed by atoms with Gasteiger partial charge in [0.25, 0.3) is 5.91 Å². The molecule has 0 unspecified atom stereocenters. The van der Waals surface area contributed by atoms with Crippen molar-refractivity contribution in [3.8, 4) is 0 Å². The number of benzene rings is 1. The largest absolute Gasteiger partial charge is 0.453 e. The van der Waals surface area contributed by atoms with Crippen LogP contribution < -0.4 is 5.32 Å². The van der Waals surface area contributed by atoms with Crippen molar-refractivity contribution in [3.05, 3.63) is 65.5 Å². The molecule has 1 aromatic carbocycles. The fourth-order valence-corrected chi connectivity index (χ4v) is 5.18. The maximum Gasteiger partial charge on any atom is 0.421 e. The molecule has 2 amide bonds. The number of alkyl carbamates (subject to hydrolysis) is 1. The van der Waals surface area contributed by atoms with Crippen LogP contribution in [0.3, 0.4) is 0 Å². The van der Waals surface area contributed by atoms with E-state index in [1.807, 2.05) is 23.1 Å². The molecule has 10 heteroatoms. The van der Waals surface area contributed by atoms with Crippen molar-refractivity contribution >= 4 is 12.0 Å². The molecule has 1 atom stereocenters. The van der Waals surface area contributed by atoms with E-state index in [-0.39, 0.29) is 23.6 Å². The van der Waals surface area contributed by atoms with Crippen LogP contribution in [0, 0.1) is 0 Å². The number of aliphatic hydroxyl groups is 1. The molecule has 2 N–H and O–H groups in total. The van der Waals surface area contributed by atoms with Crippen molar-refractivity contribution in [1.82, 2.24) is 15.2 Å². The predicted octanol–water partition coefficient (Wildman–Crippen LogP) is 4.69. The van der Waals surface area contributed by atoms with Gasteiger partial charge in [0.05, 0.1) is 7.11 Å². The zero-order chi connectivity index (χ0) is 26.8. The Labute approximate surface area is 214 Å². The number of hydrogen-bond acceptors (Lipinski definition) is 5. The van der Waals surface area contributed by atoms with Gasteiger partial charge in [-0.3, -0.25) is 9.78 Å². The Morgan fingerprint density at radius 3 is 2.22 bits per heavy atom. The monoisotopic (exact) mass is 519 g/mol. The Kier molecular flexibility index (Phi) is 7.50. The van der Waals surface area contributed by atoms with E-state index in [1.54, 1.807) is 6.20 Å². The molecule has 37 heavy (non-hydrogen) atoms. The molecule has 0 radical (unpaired) electrons. The summed E-state index contributed by atoms with van der Waals surface area (Å²) in [5.74, 6) is -0.219. The third kappa shape index (κ3) is 5.58. The highest BCUT2D eigenvalue weighted by Gasteiger charge is 2.51. The summed E-state index contributed by atoms with van der Waals surface area (Å²) in [5, 5.41) is 12.8. The molecular formula is C27H32F3N3O4. The maximum atomic E-state index is 13.5. The summed E-state index contributed by atoms with van der Waals surface area (Å²) >= 11 is 0. The fourth-order valence-electron chi connectivity index (χ4n) is 5.18. The van der Waals surface area contributed by atoms with E-state index in [9.17, 15) is 27.9 Å². The smallest absolute Gasteiger partial charge is 0.421 e. The number of methoxy groups -OCH3 is 1. The summed E-state index contributed by atoms with van der Waals surface area (Å²) in [4.78, 5) is 31.8. The summed E-state index contributed by atoms with van der Waals surface area (Å²) in [6.07, 6.45) is 0.942. The number of carbonyl (C=O) groups is 2. The minimum atomic E-state index is -4.83. The first-order valence-electron chi connectivity index (χ1n) is 12.4. The van der Waals surface area contributed by atoms with Gasteiger partial charge in [0.15, 0.2) is 5.60 Å². The van der Waals surface area contributed by atoms with Crippen LogP contribution in [0.4, 0.5) is 18.0 Å². The predicted molar refractivity (Wildman–Crippen MR) is 130 cm³/mol. The SMILES string of the molecule is COC(=O)NC[C@]1(c2ccccn2)CC[C@H](N(C(=O)c2ccc([C@](C)(O)C(F)(F)F)cc2)C2CC2)CC1. The first kappa shape index (κ1) is 26.9. The number of aromatic nitrogens is 1. The van der Waals surface area contributed by atoms with E-state index in [1.165, 1.54) is 19.2 Å². The molecular weight excluding hydrogens is 487 g/mol. The highest BCUT2D eigenvalue weighted by Crippen LogP contribution is 2.43. The van der Waals surface area contributed by atoms with Crippen LogP contribution in [-0.4, -0.2) is 58.9 Å². The van der Waals surface area contributed by atoms with Gasteiger partial charge >= 0.3 is 12.3 Å². The molecule has 0 bridgehead atoms. The van der Waals surface area contributed by atoms with Gasteiger partial charge < -0.3 is 20.1 Å². The minimum Gasteiger partial charge on any atom is -0.453 e. The van der Waals surface area contributed by atoms with Crippen molar-refractivity contribution in [1.29, 1.82) is 0 Å². The van der Waals surface area contributed by atoms with Gasteiger partial charge in [-0.2, -0.15) is 13.2 Å². The van der Waals surface area contributed by atoms with E-state index in [0.717, 1.165) is 30.7 Å². The summed E-state index contributed by atoms with van der Waals surface area (Å²) in [6, 6.07) is 10.8. The summed E-state index contributed by atoms with van der Waals surface area (Å²) in [5.41, 5.74) is -2.54. The van der Waals surface area contributed by atoms with Crippen LogP contribution in [-0.2, 0) is 15.8 Å². The van der Waals surface area contributed by atoms with Gasteiger partial charge in [0, 0.05) is 41.5 Å². The molecule has 1 heterocycles. The summed E-state index contributed by atoms with van der Waals surface area (Å²) in [7, 11) is 1.31. The van der Waals surface area contributed by atoms with Gasteiger partial charge in [0.1, 0.15) is 0 Å². The molecule has 0 spiro atoms. The lowest BCUT2D eigenvalue weighted by Crippen LogP contribution is -2.50. The molecule has 200 valence electrons. The van der Waals surface area contributed by atoms with Crippen LogP contribution in [0.1, 0.15) is 67.1 Å². The molecule has 2 aliphatic rings. The Morgan fingerprint density at radius 1 is 1.08 bits per heavy atom. The third-order valence-corrected chi connectivity index (χ3v) is 7.69. The number of halogens is 3. The Morgan fingerprint density at radius 2 is 1.70 bits per heavy atom. The van der Waals surface area contributed by atoms with E-state index >= 15 is 0 Å². The average Bonchev–Trinajstić information content (AvgIpc) is 3.73. The molecule has 2 aromatic rings. The number of nitrogens with one attached hydrogen (secondary N) is 1. The number of carbonyl (C=O) groups excluding carboxylic acids is 2. The van der Waals surface area contributed by atoms with Gasteiger partial charge in [-0.25, -0.2) is 4.79 Å². The average molecular weight is 520 g/mol. The number of hydrogen-bond donors (Lipinski definition) is 2. The molecule has 0 saturated heterocycles. The van der Waals surface area contributed by atoms with Gasteiger partial charge in [0.2, 0.25) is 0 Å². The molecule has 7 nitrogen and oxygen atoms in total.